The smallest absolute Gasteiger partial charge is 0.437 e. The van der Waals surface area contributed by atoms with E-state index in [2.05, 4.69) is 20.4 Å². The van der Waals surface area contributed by atoms with Crippen molar-refractivity contribution in [3.8, 4) is 17.0 Å². The number of rotatable bonds is 6. The highest BCUT2D eigenvalue weighted by molar-refractivity contribution is 5.94. The lowest BCUT2D eigenvalue weighted by molar-refractivity contribution is -0.143. The van der Waals surface area contributed by atoms with E-state index in [1.807, 2.05) is 60.5 Å². The number of para-hydroxylation sites is 1. The topological polar surface area (TPSA) is 82.7 Å². The van der Waals surface area contributed by atoms with Crippen molar-refractivity contribution < 1.29 is 17.9 Å². The zero-order chi connectivity index (χ0) is 27.0. The molecule has 1 N–H and O–H groups in total. The van der Waals surface area contributed by atoms with Gasteiger partial charge in [-0.05, 0) is 49.9 Å². The van der Waals surface area contributed by atoms with Gasteiger partial charge in [-0.15, -0.1) is 0 Å². The summed E-state index contributed by atoms with van der Waals surface area (Å²) in [6.45, 7) is 0. The average Bonchev–Trinajstić information content (AvgIpc) is 3.53. The maximum absolute atomic E-state index is 13.4. The summed E-state index contributed by atoms with van der Waals surface area (Å²) in [5.41, 5.74) is 2.55. The Morgan fingerprint density at radius 2 is 1.77 bits per heavy atom. The van der Waals surface area contributed by atoms with Crippen molar-refractivity contribution in [2.45, 2.75) is 44.0 Å². The molecule has 0 spiro atoms. The van der Waals surface area contributed by atoms with Gasteiger partial charge in [-0.2, -0.15) is 23.4 Å². The van der Waals surface area contributed by atoms with E-state index < -0.39 is 11.9 Å². The number of alkyl halides is 3. The van der Waals surface area contributed by atoms with Crippen molar-refractivity contribution in [2.24, 2.45) is 7.05 Å². The molecule has 0 bridgehead atoms. The monoisotopic (exact) mass is 533 g/mol. The molecule has 11 heteroatoms. The van der Waals surface area contributed by atoms with Crippen molar-refractivity contribution in [3.63, 3.8) is 0 Å². The molecule has 0 amide bonds. The summed E-state index contributed by atoms with van der Waals surface area (Å²) in [5.74, 6) is 0.473. The Morgan fingerprint density at radius 3 is 2.49 bits per heavy atom. The quantitative estimate of drug-likeness (QED) is 0.267. The standard InChI is InChI=1S/C28H26F3N7O/c1-37-17-18(15-34-37)26-22-16-33-25(35-19-6-3-2-4-7-19)14-23(22)38(36-26)20-9-11-21(12-10-20)39-24-8-5-13-32-27(24)28(29,30)31/h2-8,13-17,20-21H,9-12H2,1H3,(H,33,35). The van der Waals surface area contributed by atoms with Crippen LogP contribution in [-0.2, 0) is 13.2 Å². The van der Waals surface area contributed by atoms with Crippen LogP contribution < -0.4 is 10.1 Å². The van der Waals surface area contributed by atoms with Crippen molar-refractivity contribution in [2.75, 3.05) is 5.32 Å². The van der Waals surface area contributed by atoms with E-state index in [0.717, 1.165) is 34.0 Å². The summed E-state index contributed by atoms with van der Waals surface area (Å²) in [5, 5.41) is 13.6. The predicted molar refractivity (Wildman–Crippen MR) is 141 cm³/mol. The minimum absolute atomic E-state index is 0.0562. The molecule has 0 unspecified atom stereocenters. The molecule has 4 aromatic heterocycles. The molecule has 0 radical (unpaired) electrons. The first kappa shape index (κ1) is 24.9. The van der Waals surface area contributed by atoms with E-state index in [1.165, 1.54) is 12.1 Å². The van der Waals surface area contributed by atoms with Crippen LogP contribution in [-0.4, -0.2) is 35.6 Å². The van der Waals surface area contributed by atoms with Crippen LogP contribution in [0.5, 0.6) is 5.75 Å². The van der Waals surface area contributed by atoms with Gasteiger partial charge in [-0.25, -0.2) is 9.97 Å². The first-order valence-corrected chi connectivity index (χ1v) is 12.7. The molecule has 0 saturated heterocycles. The molecule has 4 heterocycles. The molecule has 0 aliphatic heterocycles. The number of aromatic nitrogens is 6. The number of hydrogen-bond acceptors (Lipinski definition) is 6. The normalized spacial score (nSPS) is 17.8. The van der Waals surface area contributed by atoms with Gasteiger partial charge < -0.3 is 10.1 Å². The number of ether oxygens (including phenoxy) is 1. The highest BCUT2D eigenvalue weighted by atomic mass is 19.4. The number of halogens is 3. The van der Waals surface area contributed by atoms with Crippen LogP contribution in [0.4, 0.5) is 24.7 Å². The fourth-order valence-corrected chi connectivity index (χ4v) is 5.09. The second-order valence-electron chi connectivity index (χ2n) is 9.67. The molecule has 39 heavy (non-hydrogen) atoms. The number of benzene rings is 1. The lowest BCUT2D eigenvalue weighted by Gasteiger charge is -2.30. The third-order valence-corrected chi connectivity index (χ3v) is 6.94. The highest BCUT2D eigenvalue weighted by Gasteiger charge is 2.37. The number of fused-ring (bicyclic) bond motifs is 1. The number of aryl methyl sites for hydroxylation is 1. The Morgan fingerprint density at radius 1 is 0.974 bits per heavy atom. The van der Waals surface area contributed by atoms with Crippen molar-refractivity contribution in [3.05, 3.63) is 79.0 Å². The highest BCUT2D eigenvalue weighted by Crippen LogP contribution is 2.39. The maximum atomic E-state index is 13.4. The molecule has 1 saturated carbocycles. The van der Waals surface area contributed by atoms with E-state index in [4.69, 9.17) is 9.84 Å². The summed E-state index contributed by atoms with van der Waals surface area (Å²) in [6.07, 6.45) is 4.36. The molecule has 6 rings (SSSR count). The van der Waals surface area contributed by atoms with Gasteiger partial charge in [-0.3, -0.25) is 9.36 Å². The number of nitrogens with one attached hydrogen (secondary N) is 1. The molecule has 1 aliphatic rings. The number of hydrogen-bond donors (Lipinski definition) is 1. The van der Waals surface area contributed by atoms with E-state index in [1.54, 1.807) is 10.9 Å². The van der Waals surface area contributed by atoms with Gasteiger partial charge >= 0.3 is 6.18 Å². The first-order valence-electron chi connectivity index (χ1n) is 12.7. The van der Waals surface area contributed by atoms with Gasteiger partial charge in [0.15, 0.2) is 11.4 Å². The Labute approximate surface area is 222 Å². The third kappa shape index (κ3) is 5.16. The summed E-state index contributed by atoms with van der Waals surface area (Å²) < 4.78 is 49.7. The van der Waals surface area contributed by atoms with E-state index >= 15 is 0 Å². The van der Waals surface area contributed by atoms with E-state index in [9.17, 15) is 13.2 Å². The summed E-state index contributed by atoms with van der Waals surface area (Å²) in [4.78, 5) is 8.13. The zero-order valence-corrected chi connectivity index (χ0v) is 21.1. The van der Waals surface area contributed by atoms with Crippen LogP contribution in [0.2, 0.25) is 0 Å². The number of anilines is 2. The van der Waals surface area contributed by atoms with Gasteiger partial charge in [0.05, 0.1) is 23.9 Å². The van der Waals surface area contributed by atoms with Crippen LogP contribution >= 0.6 is 0 Å². The summed E-state index contributed by atoms with van der Waals surface area (Å²) in [6, 6.07) is 14.6. The largest absolute Gasteiger partial charge is 0.488 e. The maximum Gasteiger partial charge on any atom is 0.437 e. The Kier molecular flexibility index (Phi) is 6.41. The van der Waals surface area contributed by atoms with Gasteiger partial charge in [0.25, 0.3) is 0 Å². The Balaban J connectivity index is 1.27. The summed E-state index contributed by atoms with van der Waals surface area (Å²) in [7, 11) is 1.86. The van der Waals surface area contributed by atoms with E-state index in [-0.39, 0.29) is 17.9 Å². The Hall–Kier alpha value is -4.41. The van der Waals surface area contributed by atoms with Crippen LogP contribution in [0.3, 0.4) is 0 Å². The molecule has 5 aromatic rings. The molecule has 1 aliphatic carbocycles. The SMILES string of the molecule is Cn1cc(-c2nn(C3CCC(Oc4cccnc4C(F)(F)F)CC3)c3cc(Nc4ccccc4)ncc23)cn1. The molecular formula is C28H26F3N7O. The molecular weight excluding hydrogens is 507 g/mol. The molecule has 200 valence electrons. The van der Waals surface area contributed by atoms with Crippen LogP contribution in [0, 0.1) is 0 Å². The summed E-state index contributed by atoms with van der Waals surface area (Å²) >= 11 is 0. The molecule has 8 nitrogen and oxygen atoms in total. The Bertz CT molecular complexity index is 1590. The minimum atomic E-state index is -4.57. The lowest BCUT2D eigenvalue weighted by Crippen LogP contribution is -2.27. The number of pyridine rings is 2. The fraction of sp³-hybridized carbons (Fsp3) is 0.286. The van der Waals surface area contributed by atoms with Crippen LogP contribution in [0.1, 0.15) is 37.4 Å². The molecule has 1 fully saturated rings. The van der Waals surface area contributed by atoms with E-state index in [0.29, 0.717) is 31.5 Å². The van der Waals surface area contributed by atoms with Gasteiger partial charge in [0, 0.05) is 48.3 Å². The predicted octanol–water partition coefficient (Wildman–Crippen LogP) is 6.55. The van der Waals surface area contributed by atoms with Gasteiger partial charge in [-0.1, -0.05) is 18.2 Å². The first-order chi connectivity index (χ1) is 18.8. The zero-order valence-electron chi connectivity index (χ0n) is 21.1. The second-order valence-corrected chi connectivity index (χ2v) is 9.67. The van der Waals surface area contributed by atoms with Crippen LogP contribution in [0.25, 0.3) is 22.2 Å². The number of nitrogens with zero attached hydrogens (tertiary/aromatic N) is 6. The molecule has 0 atom stereocenters. The molecule has 1 aromatic carbocycles. The average molecular weight is 534 g/mol. The third-order valence-electron chi connectivity index (χ3n) is 6.94. The lowest BCUT2D eigenvalue weighted by atomic mass is 9.93. The van der Waals surface area contributed by atoms with Gasteiger partial charge in [0.2, 0.25) is 0 Å². The van der Waals surface area contributed by atoms with Gasteiger partial charge in [0.1, 0.15) is 11.5 Å². The second kappa shape index (κ2) is 10.0. The minimum Gasteiger partial charge on any atom is -0.488 e. The van der Waals surface area contributed by atoms with Crippen molar-refractivity contribution >= 4 is 22.4 Å². The van der Waals surface area contributed by atoms with Crippen molar-refractivity contribution in [1.29, 1.82) is 0 Å². The van der Waals surface area contributed by atoms with Crippen molar-refractivity contribution in [1.82, 2.24) is 29.5 Å². The fourth-order valence-electron chi connectivity index (χ4n) is 5.09. The van der Waals surface area contributed by atoms with Crippen LogP contribution in [0.15, 0.2) is 73.3 Å².